The fraction of sp³-hybridized carbons (Fsp3) is 0.857. The summed E-state index contributed by atoms with van der Waals surface area (Å²) in [5.41, 5.74) is 0.191. The Balaban J connectivity index is 2.22. The first-order valence-corrected chi connectivity index (χ1v) is 7.05. The van der Waals surface area contributed by atoms with Crippen LogP contribution in [0.1, 0.15) is 52.9 Å². The van der Waals surface area contributed by atoms with Crippen molar-refractivity contribution in [1.29, 1.82) is 0 Å². The van der Waals surface area contributed by atoms with Crippen molar-refractivity contribution in [3.8, 4) is 0 Å². The zero-order chi connectivity index (χ0) is 14.5. The topological polar surface area (TPSA) is 69.6 Å². The first kappa shape index (κ1) is 16.0. The van der Waals surface area contributed by atoms with E-state index < -0.39 is 5.97 Å². The summed E-state index contributed by atoms with van der Waals surface area (Å²) in [5.74, 6) is -0.859. The Bertz CT molecular complexity index is 315. The lowest BCUT2D eigenvalue weighted by Gasteiger charge is -2.41. The smallest absolute Gasteiger partial charge is 0.303 e. The molecule has 0 aromatic carbocycles. The van der Waals surface area contributed by atoms with Gasteiger partial charge in [0.05, 0.1) is 0 Å². The Morgan fingerprint density at radius 2 is 1.79 bits per heavy atom. The van der Waals surface area contributed by atoms with Gasteiger partial charge >= 0.3 is 5.97 Å². The number of piperidine rings is 1. The molecular weight excluding hydrogens is 244 g/mol. The summed E-state index contributed by atoms with van der Waals surface area (Å²) in [6, 6.07) is 0.246. The zero-order valence-corrected chi connectivity index (χ0v) is 12.2. The molecule has 2 N–H and O–H groups in total. The SMILES string of the molecule is CC(C)(C)N1CCC(NC(=O)CCCC(=O)O)CC1. The summed E-state index contributed by atoms with van der Waals surface area (Å²) in [5, 5.41) is 11.5. The van der Waals surface area contributed by atoms with E-state index in [2.05, 4.69) is 31.0 Å². The lowest BCUT2D eigenvalue weighted by atomic mass is 9.98. The van der Waals surface area contributed by atoms with Crippen LogP contribution in [0.5, 0.6) is 0 Å². The molecule has 0 aromatic heterocycles. The van der Waals surface area contributed by atoms with Gasteiger partial charge in [0.2, 0.25) is 5.91 Å². The second-order valence-electron chi connectivity index (χ2n) is 6.25. The van der Waals surface area contributed by atoms with Crippen LogP contribution >= 0.6 is 0 Å². The zero-order valence-electron chi connectivity index (χ0n) is 12.2. The van der Waals surface area contributed by atoms with Crippen molar-refractivity contribution in [3.63, 3.8) is 0 Å². The van der Waals surface area contributed by atoms with Gasteiger partial charge in [0, 0.05) is 37.5 Å². The van der Waals surface area contributed by atoms with Gasteiger partial charge in [0.15, 0.2) is 0 Å². The fourth-order valence-corrected chi connectivity index (χ4v) is 2.39. The monoisotopic (exact) mass is 270 g/mol. The molecule has 19 heavy (non-hydrogen) atoms. The van der Waals surface area contributed by atoms with Crippen molar-refractivity contribution in [2.45, 2.75) is 64.5 Å². The number of carbonyl (C=O) groups excluding carboxylic acids is 1. The number of carbonyl (C=O) groups is 2. The van der Waals surface area contributed by atoms with Crippen molar-refractivity contribution in [2.24, 2.45) is 0 Å². The standard InChI is InChI=1S/C14H26N2O3/c1-14(2,3)16-9-7-11(8-10-16)15-12(17)5-4-6-13(18)19/h11H,4-10H2,1-3H3,(H,15,17)(H,18,19). The van der Waals surface area contributed by atoms with Crippen LogP contribution in [0.4, 0.5) is 0 Å². The third-order valence-electron chi connectivity index (χ3n) is 3.60. The molecular formula is C14H26N2O3. The molecule has 1 amide bonds. The van der Waals surface area contributed by atoms with E-state index in [4.69, 9.17) is 5.11 Å². The molecule has 0 aromatic rings. The fourth-order valence-electron chi connectivity index (χ4n) is 2.39. The predicted octanol–water partition coefficient (Wildman–Crippen LogP) is 1.62. The maximum absolute atomic E-state index is 11.7. The maximum atomic E-state index is 11.7. The number of carboxylic acids is 1. The Morgan fingerprint density at radius 3 is 2.26 bits per heavy atom. The Morgan fingerprint density at radius 1 is 1.21 bits per heavy atom. The van der Waals surface area contributed by atoms with E-state index in [0.717, 1.165) is 25.9 Å². The molecule has 5 nitrogen and oxygen atoms in total. The number of nitrogens with zero attached hydrogens (tertiary/aromatic N) is 1. The molecule has 0 atom stereocenters. The molecule has 110 valence electrons. The Kier molecular flexibility index (Phi) is 5.79. The number of carboxylic acid groups (broad SMARTS) is 1. The van der Waals surface area contributed by atoms with Crippen molar-refractivity contribution in [2.75, 3.05) is 13.1 Å². The van der Waals surface area contributed by atoms with Gasteiger partial charge in [-0.25, -0.2) is 0 Å². The highest BCUT2D eigenvalue weighted by Crippen LogP contribution is 2.20. The molecule has 5 heteroatoms. The number of rotatable bonds is 5. The summed E-state index contributed by atoms with van der Waals surface area (Å²) in [6.45, 7) is 8.63. The number of hydrogen-bond acceptors (Lipinski definition) is 3. The molecule has 1 aliphatic heterocycles. The summed E-state index contributed by atoms with van der Waals surface area (Å²) in [7, 11) is 0. The molecule has 1 aliphatic rings. The molecule has 1 saturated heterocycles. The highest BCUT2D eigenvalue weighted by atomic mass is 16.4. The van der Waals surface area contributed by atoms with Crippen LogP contribution in [0, 0.1) is 0 Å². The van der Waals surface area contributed by atoms with Crippen LogP contribution in [0.15, 0.2) is 0 Å². The van der Waals surface area contributed by atoms with Gasteiger partial charge < -0.3 is 10.4 Å². The summed E-state index contributed by atoms with van der Waals surface area (Å²) in [6.07, 6.45) is 2.74. The van der Waals surface area contributed by atoms with Gasteiger partial charge in [-0.15, -0.1) is 0 Å². The average molecular weight is 270 g/mol. The van der Waals surface area contributed by atoms with Crippen molar-refractivity contribution >= 4 is 11.9 Å². The highest BCUT2D eigenvalue weighted by Gasteiger charge is 2.27. The number of aliphatic carboxylic acids is 1. The lowest BCUT2D eigenvalue weighted by molar-refractivity contribution is -0.137. The van der Waals surface area contributed by atoms with E-state index in [1.807, 2.05) is 0 Å². The van der Waals surface area contributed by atoms with E-state index in [1.54, 1.807) is 0 Å². The first-order chi connectivity index (χ1) is 8.79. The minimum Gasteiger partial charge on any atom is -0.481 e. The molecule has 1 rings (SSSR count). The number of nitrogens with one attached hydrogen (secondary N) is 1. The van der Waals surface area contributed by atoms with Gasteiger partial charge in [-0.2, -0.15) is 0 Å². The van der Waals surface area contributed by atoms with E-state index in [0.29, 0.717) is 12.8 Å². The first-order valence-electron chi connectivity index (χ1n) is 7.05. The van der Waals surface area contributed by atoms with Gasteiger partial charge in [-0.3, -0.25) is 14.5 Å². The number of amides is 1. The van der Waals surface area contributed by atoms with Gasteiger partial charge in [-0.05, 0) is 40.0 Å². The summed E-state index contributed by atoms with van der Waals surface area (Å²) < 4.78 is 0. The molecule has 0 spiro atoms. The van der Waals surface area contributed by atoms with Crippen LogP contribution < -0.4 is 5.32 Å². The normalized spacial score (nSPS) is 18.3. The van der Waals surface area contributed by atoms with Crippen LogP contribution in [-0.4, -0.2) is 46.6 Å². The molecule has 1 fully saturated rings. The third kappa shape index (κ3) is 6.05. The third-order valence-corrected chi connectivity index (χ3v) is 3.60. The van der Waals surface area contributed by atoms with Crippen molar-refractivity contribution in [1.82, 2.24) is 10.2 Å². The Hall–Kier alpha value is -1.10. The number of hydrogen-bond donors (Lipinski definition) is 2. The van der Waals surface area contributed by atoms with Crippen LogP contribution in [0.3, 0.4) is 0 Å². The minimum absolute atomic E-state index is 0.0181. The van der Waals surface area contributed by atoms with Crippen LogP contribution in [-0.2, 0) is 9.59 Å². The average Bonchev–Trinajstić information content (AvgIpc) is 2.27. The quantitative estimate of drug-likeness (QED) is 0.796. The second-order valence-corrected chi connectivity index (χ2v) is 6.25. The van der Waals surface area contributed by atoms with Crippen LogP contribution in [0.25, 0.3) is 0 Å². The number of likely N-dealkylation sites (tertiary alicyclic amines) is 1. The highest BCUT2D eigenvalue weighted by molar-refractivity contribution is 5.77. The van der Waals surface area contributed by atoms with E-state index in [1.165, 1.54) is 0 Å². The van der Waals surface area contributed by atoms with E-state index >= 15 is 0 Å². The minimum atomic E-state index is -0.841. The largest absolute Gasteiger partial charge is 0.481 e. The molecule has 1 heterocycles. The van der Waals surface area contributed by atoms with E-state index in [9.17, 15) is 9.59 Å². The van der Waals surface area contributed by atoms with Crippen molar-refractivity contribution in [3.05, 3.63) is 0 Å². The molecule has 0 unspecified atom stereocenters. The Labute approximate surface area is 115 Å². The molecule has 0 aliphatic carbocycles. The molecule has 0 saturated carbocycles. The van der Waals surface area contributed by atoms with E-state index in [-0.39, 0.29) is 23.9 Å². The van der Waals surface area contributed by atoms with Crippen LogP contribution in [0.2, 0.25) is 0 Å². The molecule has 0 bridgehead atoms. The summed E-state index contributed by atoms with van der Waals surface area (Å²) in [4.78, 5) is 24.4. The molecule has 0 radical (unpaired) electrons. The van der Waals surface area contributed by atoms with Gasteiger partial charge in [-0.1, -0.05) is 0 Å². The predicted molar refractivity (Wildman–Crippen MR) is 74.0 cm³/mol. The van der Waals surface area contributed by atoms with Gasteiger partial charge in [0.25, 0.3) is 0 Å². The van der Waals surface area contributed by atoms with Crippen molar-refractivity contribution < 1.29 is 14.7 Å². The second kappa shape index (κ2) is 6.89. The maximum Gasteiger partial charge on any atom is 0.303 e. The summed E-state index contributed by atoms with van der Waals surface area (Å²) >= 11 is 0. The lowest BCUT2D eigenvalue weighted by Crippen LogP contribution is -2.50. The van der Waals surface area contributed by atoms with Gasteiger partial charge in [0.1, 0.15) is 0 Å².